The fraction of sp³-hybridized carbons (Fsp3) is 0.467. The highest BCUT2D eigenvalue weighted by Gasteiger charge is 2.32. The number of halogens is 1. The smallest absolute Gasteiger partial charge is 0.291 e. The van der Waals surface area contributed by atoms with E-state index in [0.29, 0.717) is 25.5 Å². The van der Waals surface area contributed by atoms with E-state index in [9.17, 15) is 12.8 Å². The first kappa shape index (κ1) is 17.2. The van der Waals surface area contributed by atoms with Gasteiger partial charge in [-0.3, -0.25) is 0 Å². The summed E-state index contributed by atoms with van der Waals surface area (Å²) in [6.07, 6.45) is 0.524. The van der Waals surface area contributed by atoms with Crippen molar-refractivity contribution in [1.29, 1.82) is 0 Å². The number of nitrogens with zero attached hydrogens (tertiary/aromatic N) is 2. The molecule has 3 rings (SSSR count). The number of hydrogen-bond acceptors (Lipinski definition) is 5. The lowest BCUT2D eigenvalue weighted by atomic mass is 10.1. The standard InChI is InChI=1S/C15H18FN3O3S2/c1-18(8-11-2-4-13(16)5-3-11)10-19-15(23)22-14(17-19)12-6-7-24(20,21)9-12/h2-5,12H,6-10H2,1H3/p+1/t12-/m0/s1. The molecule has 2 heterocycles. The van der Waals surface area contributed by atoms with Crippen LogP contribution in [0.4, 0.5) is 4.39 Å². The summed E-state index contributed by atoms with van der Waals surface area (Å²) in [6, 6.07) is 6.36. The van der Waals surface area contributed by atoms with Gasteiger partial charge in [0.2, 0.25) is 5.89 Å². The van der Waals surface area contributed by atoms with Gasteiger partial charge in [-0.2, -0.15) is 4.68 Å². The van der Waals surface area contributed by atoms with Crippen LogP contribution in [0.15, 0.2) is 28.7 Å². The second kappa shape index (κ2) is 6.73. The fourth-order valence-corrected chi connectivity index (χ4v) is 4.76. The van der Waals surface area contributed by atoms with Crippen LogP contribution in [0.2, 0.25) is 0 Å². The third-order valence-electron chi connectivity index (χ3n) is 4.04. The Morgan fingerprint density at radius 2 is 2.12 bits per heavy atom. The molecule has 1 aliphatic rings. The van der Waals surface area contributed by atoms with Gasteiger partial charge in [-0.05, 0) is 30.8 Å². The Labute approximate surface area is 144 Å². The first-order valence-electron chi connectivity index (χ1n) is 7.66. The molecule has 0 saturated carbocycles. The summed E-state index contributed by atoms with van der Waals surface area (Å²) < 4.78 is 43.2. The molecule has 130 valence electrons. The molecule has 24 heavy (non-hydrogen) atoms. The topological polar surface area (TPSA) is 69.5 Å². The molecule has 0 aliphatic carbocycles. The van der Waals surface area contributed by atoms with Crippen LogP contribution in [-0.4, -0.2) is 36.8 Å². The van der Waals surface area contributed by atoms with E-state index in [1.54, 1.807) is 16.8 Å². The molecule has 1 aromatic heterocycles. The maximum Gasteiger partial charge on any atom is 0.291 e. The molecule has 9 heteroatoms. The lowest BCUT2D eigenvalue weighted by molar-refractivity contribution is -0.917. The van der Waals surface area contributed by atoms with Gasteiger partial charge in [-0.1, -0.05) is 12.1 Å². The normalized spacial score (nSPS) is 21.0. The minimum absolute atomic E-state index is 0.0700. The summed E-state index contributed by atoms with van der Waals surface area (Å²) in [7, 11) is -1.02. The van der Waals surface area contributed by atoms with Crippen molar-refractivity contribution in [3.05, 3.63) is 46.4 Å². The molecule has 1 N–H and O–H groups in total. The van der Waals surface area contributed by atoms with Gasteiger partial charge in [0, 0.05) is 5.56 Å². The molecular weight excluding hydrogens is 353 g/mol. The van der Waals surface area contributed by atoms with Crippen molar-refractivity contribution < 1.29 is 22.1 Å². The summed E-state index contributed by atoms with van der Waals surface area (Å²) in [4.78, 5) is 1.34. The van der Waals surface area contributed by atoms with Gasteiger partial charge in [0.25, 0.3) is 4.84 Å². The monoisotopic (exact) mass is 372 g/mol. The van der Waals surface area contributed by atoms with Crippen molar-refractivity contribution >= 4 is 22.1 Å². The van der Waals surface area contributed by atoms with Gasteiger partial charge in [0.05, 0.1) is 24.5 Å². The number of benzene rings is 1. The maximum absolute atomic E-state index is 12.9. The van der Waals surface area contributed by atoms with E-state index in [-0.39, 0.29) is 28.1 Å². The first-order valence-corrected chi connectivity index (χ1v) is 9.89. The van der Waals surface area contributed by atoms with Crippen LogP contribution in [0, 0.1) is 10.7 Å². The number of rotatable bonds is 5. The van der Waals surface area contributed by atoms with Crippen LogP contribution in [-0.2, 0) is 23.1 Å². The van der Waals surface area contributed by atoms with E-state index >= 15 is 0 Å². The van der Waals surface area contributed by atoms with Crippen LogP contribution in [0.1, 0.15) is 23.8 Å². The minimum Gasteiger partial charge on any atom is -0.413 e. The molecule has 0 amide bonds. The maximum atomic E-state index is 12.9. The lowest BCUT2D eigenvalue weighted by Crippen LogP contribution is -3.07. The SMILES string of the molecule is C[NH+](Cc1ccc(F)cc1)Cn1nc([C@H]2CCS(=O)(=O)C2)oc1=S. The van der Waals surface area contributed by atoms with Crippen LogP contribution >= 0.6 is 12.2 Å². The largest absolute Gasteiger partial charge is 0.413 e. The van der Waals surface area contributed by atoms with Gasteiger partial charge < -0.3 is 9.32 Å². The quantitative estimate of drug-likeness (QED) is 0.791. The highest BCUT2D eigenvalue weighted by molar-refractivity contribution is 7.91. The molecule has 6 nitrogen and oxygen atoms in total. The Kier molecular flexibility index (Phi) is 4.84. The van der Waals surface area contributed by atoms with E-state index in [0.717, 1.165) is 10.5 Å². The zero-order valence-corrected chi connectivity index (χ0v) is 14.9. The summed E-state index contributed by atoms with van der Waals surface area (Å²) in [5.74, 6) is 0.167. The molecule has 1 unspecified atom stereocenters. The van der Waals surface area contributed by atoms with Gasteiger partial charge in [0.1, 0.15) is 12.4 Å². The number of sulfone groups is 1. The molecular formula is C15H19FN3O3S2+. The van der Waals surface area contributed by atoms with Crippen molar-refractivity contribution in [3.63, 3.8) is 0 Å². The molecule has 1 aromatic carbocycles. The van der Waals surface area contributed by atoms with Gasteiger partial charge in [-0.25, -0.2) is 12.8 Å². The zero-order valence-electron chi connectivity index (χ0n) is 13.2. The number of aromatic nitrogens is 2. The van der Waals surface area contributed by atoms with Crippen molar-refractivity contribution in [3.8, 4) is 0 Å². The fourth-order valence-electron chi connectivity index (χ4n) is 2.84. The predicted molar refractivity (Wildman–Crippen MR) is 88.3 cm³/mol. The van der Waals surface area contributed by atoms with Gasteiger partial charge in [-0.15, -0.1) is 5.10 Å². The predicted octanol–water partition coefficient (Wildman–Crippen LogP) is 0.919. The van der Waals surface area contributed by atoms with Crippen molar-refractivity contribution in [2.24, 2.45) is 0 Å². The Balaban J connectivity index is 1.67. The summed E-state index contributed by atoms with van der Waals surface area (Å²) in [6.45, 7) is 1.17. The highest BCUT2D eigenvalue weighted by Crippen LogP contribution is 2.27. The van der Waals surface area contributed by atoms with Crippen molar-refractivity contribution in [2.45, 2.75) is 25.6 Å². The lowest BCUT2D eigenvalue weighted by Gasteiger charge is -2.13. The number of nitrogens with one attached hydrogen (secondary N) is 1. The van der Waals surface area contributed by atoms with Gasteiger partial charge in [0.15, 0.2) is 16.5 Å². The third-order valence-corrected chi connectivity index (χ3v) is 6.10. The van der Waals surface area contributed by atoms with E-state index in [2.05, 4.69) is 5.10 Å². The van der Waals surface area contributed by atoms with E-state index < -0.39 is 9.84 Å². The molecule has 1 saturated heterocycles. The molecule has 1 aliphatic heterocycles. The van der Waals surface area contributed by atoms with Crippen LogP contribution in [0.3, 0.4) is 0 Å². The Hall–Kier alpha value is -1.58. The van der Waals surface area contributed by atoms with Gasteiger partial charge >= 0.3 is 0 Å². The zero-order chi connectivity index (χ0) is 17.3. The summed E-state index contributed by atoms with van der Waals surface area (Å²) in [5.41, 5.74) is 1.01. The highest BCUT2D eigenvalue weighted by atomic mass is 32.2. The molecule has 0 spiro atoms. The van der Waals surface area contributed by atoms with Crippen LogP contribution < -0.4 is 4.90 Å². The molecule has 2 atom stereocenters. The molecule has 0 bridgehead atoms. The molecule has 1 fully saturated rings. The van der Waals surface area contributed by atoms with E-state index in [1.165, 1.54) is 12.1 Å². The molecule has 0 radical (unpaired) electrons. The Bertz CT molecular complexity index is 874. The number of hydrogen-bond donors (Lipinski definition) is 1. The Morgan fingerprint density at radius 1 is 1.42 bits per heavy atom. The van der Waals surface area contributed by atoms with E-state index in [4.69, 9.17) is 16.6 Å². The van der Waals surface area contributed by atoms with Crippen LogP contribution in [0.5, 0.6) is 0 Å². The first-order chi connectivity index (χ1) is 11.3. The number of quaternary nitrogens is 1. The molecule has 2 aromatic rings. The minimum atomic E-state index is -2.99. The second-order valence-electron chi connectivity index (χ2n) is 6.22. The van der Waals surface area contributed by atoms with Crippen molar-refractivity contribution in [1.82, 2.24) is 9.78 Å². The average molecular weight is 372 g/mol. The van der Waals surface area contributed by atoms with E-state index in [1.807, 2.05) is 7.05 Å². The van der Waals surface area contributed by atoms with Crippen molar-refractivity contribution in [2.75, 3.05) is 18.6 Å². The van der Waals surface area contributed by atoms with Crippen LogP contribution in [0.25, 0.3) is 0 Å². The summed E-state index contributed by atoms with van der Waals surface area (Å²) >= 11 is 5.19. The Morgan fingerprint density at radius 3 is 2.75 bits per heavy atom. The second-order valence-corrected chi connectivity index (χ2v) is 8.80. The third kappa shape index (κ3) is 4.08. The summed E-state index contributed by atoms with van der Waals surface area (Å²) in [5, 5.41) is 4.35. The average Bonchev–Trinajstić information content (AvgIpc) is 3.04.